The molecule has 0 spiro atoms. The highest BCUT2D eigenvalue weighted by atomic mass is 127. The molecule has 78 valence electrons. The summed E-state index contributed by atoms with van der Waals surface area (Å²) in [5.41, 5.74) is 6.64. The van der Waals surface area contributed by atoms with E-state index >= 15 is 0 Å². The van der Waals surface area contributed by atoms with Crippen molar-refractivity contribution >= 4 is 22.6 Å². The van der Waals surface area contributed by atoms with Crippen molar-refractivity contribution in [1.29, 1.82) is 0 Å². The molecule has 1 atom stereocenters. The van der Waals surface area contributed by atoms with Gasteiger partial charge in [-0.3, -0.25) is 0 Å². The monoisotopic (exact) mass is 307 g/mol. The lowest BCUT2D eigenvalue weighted by atomic mass is 10.1. The van der Waals surface area contributed by atoms with Crippen LogP contribution in [0.2, 0.25) is 0 Å². The fourth-order valence-electron chi connectivity index (χ4n) is 1.28. The maximum Gasteiger partial charge on any atom is 0.129 e. The van der Waals surface area contributed by atoms with Crippen LogP contribution in [0.15, 0.2) is 12.1 Å². The van der Waals surface area contributed by atoms with Gasteiger partial charge in [0.25, 0.3) is 0 Å². The minimum atomic E-state index is 0.0587. The Bertz CT molecular complexity index is 326. The number of aromatic hydroxyl groups is 1. The van der Waals surface area contributed by atoms with E-state index in [0.29, 0.717) is 6.42 Å². The van der Waals surface area contributed by atoms with Crippen molar-refractivity contribution < 1.29 is 9.84 Å². The van der Waals surface area contributed by atoms with Gasteiger partial charge in [0.05, 0.1) is 10.7 Å². The molecule has 14 heavy (non-hydrogen) atoms. The van der Waals surface area contributed by atoms with Crippen molar-refractivity contribution in [2.75, 3.05) is 7.11 Å². The van der Waals surface area contributed by atoms with E-state index in [9.17, 15) is 5.11 Å². The van der Waals surface area contributed by atoms with Crippen LogP contribution in [-0.4, -0.2) is 18.3 Å². The molecule has 0 fully saturated rings. The van der Waals surface area contributed by atoms with Crippen molar-refractivity contribution in [3.8, 4) is 11.5 Å². The zero-order chi connectivity index (χ0) is 10.7. The number of benzene rings is 1. The molecule has 0 radical (unpaired) electrons. The lowest BCUT2D eigenvalue weighted by molar-refractivity contribution is 0.404. The molecular weight excluding hydrogens is 293 g/mol. The van der Waals surface area contributed by atoms with Crippen LogP contribution in [-0.2, 0) is 6.42 Å². The second-order valence-electron chi connectivity index (χ2n) is 3.30. The number of rotatable bonds is 3. The van der Waals surface area contributed by atoms with Crippen molar-refractivity contribution in [3.63, 3.8) is 0 Å². The first-order chi connectivity index (χ1) is 6.54. The van der Waals surface area contributed by atoms with Crippen LogP contribution in [0.3, 0.4) is 0 Å². The average molecular weight is 307 g/mol. The number of ether oxygens (including phenoxy) is 1. The first kappa shape index (κ1) is 11.6. The third-order valence-corrected chi connectivity index (χ3v) is 2.76. The molecule has 0 aliphatic carbocycles. The van der Waals surface area contributed by atoms with Crippen LogP contribution in [0.4, 0.5) is 0 Å². The highest BCUT2D eigenvalue weighted by molar-refractivity contribution is 14.1. The first-order valence-electron chi connectivity index (χ1n) is 4.35. The number of methoxy groups -OCH3 is 1. The Morgan fingerprint density at radius 3 is 2.71 bits per heavy atom. The third kappa shape index (κ3) is 2.75. The van der Waals surface area contributed by atoms with Crippen LogP contribution in [0.5, 0.6) is 11.5 Å². The van der Waals surface area contributed by atoms with E-state index in [1.807, 2.05) is 13.0 Å². The molecule has 1 aromatic carbocycles. The molecule has 4 heteroatoms. The Labute approximate surface area is 97.4 Å². The van der Waals surface area contributed by atoms with Gasteiger partial charge in [-0.15, -0.1) is 0 Å². The maximum atomic E-state index is 9.53. The highest BCUT2D eigenvalue weighted by Gasteiger charge is 2.09. The fraction of sp³-hybridized carbons (Fsp3) is 0.400. The minimum absolute atomic E-state index is 0.0587. The summed E-state index contributed by atoms with van der Waals surface area (Å²) >= 11 is 2.06. The molecule has 0 aromatic heterocycles. The normalized spacial score (nSPS) is 12.6. The van der Waals surface area contributed by atoms with E-state index in [2.05, 4.69) is 22.6 Å². The minimum Gasteiger partial charge on any atom is -0.507 e. The molecule has 1 aromatic rings. The second kappa shape index (κ2) is 4.84. The molecular formula is C10H14INO2. The lowest BCUT2D eigenvalue weighted by Gasteiger charge is -2.12. The third-order valence-electron chi connectivity index (χ3n) is 1.89. The molecule has 3 N–H and O–H groups in total. The second-order valence-corrected chi connectivity index (χ2v) is 4.46. The Hall–Kier alpha value is -0.490. The van der Waals surface area contributed by atoms with E-state index in [0.717, 1.165) is 14.9 Å². The quantitative estimate of drug-likeness (QED) is 0.839. The zero-order valence-corrected chi connectivity index (χ0v) is 10.4. The molecule has 0 aliphatic rings. The SMILES string of the molecule is COc1cc(I)c(O)cc1C[C@@H](C)N. The molecule has 0 saturated heterocycles. The van der Waals surface area contributed by atoms with Gasteiger partial charge < -0.3 is 15.6 Å². The lowest BCUT2D eigenvalue weighted by Crippen LogP contribution is -2.18. The van der Waals surface area contributed by atoms with Gasteiger partial charge in [0.2, 0.25) is 0 Å². The van der Waals surface area contributed by atoms with Gasteiger partial charge in [-0.25, -0.2) is 0 Å². The number of nitrogens with two attached hydrogens (primary N) is 1. The summed E-state index contributed by atoms with van der Waals surface area (Å²) in [5, 5.41) is 9.53. The van der Waals surface area contributed by atoms with Crippen LogP contribution in [0.1, 0.15) is 12.5 Å². The van der Waals surface area contributed by atoms with Gasteiger partial charge in [0.1, 0.15) is 11.5 Å². The van der Waals surface area contributed by atoms with Gasteiger partial charge in [0, 0.05) is 6.04 Å². The predicted octanol–water partition coefficient (Wildman–Crippen LogP) is 1.90. The summed E-state index contributed by atoms with van der Waals surface area (Å²) in [6, 6.07) is 3.58. The topological polar surface area (TPSA) is 55.5 Å². The van der Waals surface area contributed by atoms with Crippen molar-refractivity contribution in [2.24, 2.45) is 5.73 Å². The molecule has 1 rings (SSSR count). The Morgan fingerprint density at radius 1 is 1.57 bits per heavy atom. The smallest absolute Gasteiger partial charge is 0.129 e. The summed E-state index contributed by atoms with van der Waals surface area (Å²) in [5.74, 6) is 1.06. The summed E-state index contributed by atoms with van der Waals surface area (Å²) in [4.78, 5) is 0. The first-order valence-corrected chi connectivity index (χ1v) is 5.43. The van der Waals surface area contributed by atoms with Gasteiger partial charge in [0.15, 0.2) is 0 Å². The molecule has 3 nitrogen and oxygen atoms in total. The van der Waals surface area contributed by atoms with Gasteiger partial charge in [-0.05, 0) is 53.6 Å². The van der Waals surface area contributed by atoms with Crippen molar-refractivity contribution in [3.05, 3.63) is 21.3 Å². The Balaban J connectivity index is 3.07. The van der Waals surface area contributed by atoms with E-state index in [4.69, 9.17) is 10.5 Å². The summed E-state index contributed by atoms with van der Waals surface area (Å²) in [6.45, 7) is 1.93. The average Bonchev–Trinajstić information content (AvgIpc) is 2.10. The number of hydrogen-bond acceptors (Lipinski definition) is 3. The number of halogens is 1. The maximum absolute atomic E-state index is 9.53. The van der Waals surface area contributed by atoms with E-state index < -0.39 is 0 Å². The van der Waals surface area contributed by atoms with Crippen LogP contribution >= 0.6 is 22.6 Å². The number of phenols is 1. The Kier molecular flexibility index (Phi) is 4.00. The molecule has 0 heterocycles. The molecule has 0 unspecified atom stereocenters. The van der Waals surface area contributed by atoms with Crippen LogP contribution in [0, 0.1) is 3.57 Å². The van der Waals surface area contributed by atoms with E-state index in [-0.39, 0.29) is 11.8 Å². The highest BCUT2D eigenvalue weighted by Crippen LogP contribution is 2.29. The summed E-state index contributed by atoms with van der Waals surface area (Å²) in [7, 11) is 1.62. The number of hydrogen-bond donors (Lipinski definition) is 2. The predicted molar refractivity (Wildman–Crippen MR) is 64.7 cm³/mol. The molecule has 0 aliphatic heterocycles. The largest absolute Gasteiger partial charge is 0.507 e. The Morgan fingerprint density at radius 2 is 2.21 bits per heavy atom. The standard InChI is InChI=1S/C10H14INO2/c1-6(12)3-7-4-9(13)8(11)5-10(7)14-2/h4-6,13H,3,12H2,1-2H3/t6-/m1/s1. The summed E-state index contributed by atoms with van der Waals surface area (Å²) in [6.07, 6.45) is 0.702. The van der Waals surface area contributed by atoms with Crippen LogP contribution < -0.4 is 10.5 Å². The molecule has 0 bridgehead atoms. The zero-order valence-electron chi connectivity index (χ0n) is 8.25. The summed E-state index contributed by atoms with van der Waals surface area (Å²) < 4.78 is 6.00. The molecule has 0 saturated carbocycles. The van der Waals surface area contributed by atoms with Crippen molar-refractivity contribution in [2.45, 2.75) is 19.4 Å². The number of phenolic OH excluding ortho intramolecular Hbond substituents is 1. The van der Waals surface area contributed by atoms with Crippen LogP contribution in [0.25, 0.3) is 0 Å². The van der Waals surface area contributed by atoms with E-state index in [1.54, 1.807) is 13.2 Å². The molecule has 0 amide bonds. The fourth-order valence-corrected chi connectivity index (χ4v) is 1.72. The van der Waals surface area contributed by atoms with Gasteiger partial charge >= 0.3 is 0 Å². The van der Waals surface area contributed by atoms with Gasteiger partial charge in [-0.2, -0.15) is 0 Å². The van der Waals surface area contributed by atoms with Crippen molar-refractivity contribution in [1.82, 2.24) is 0 Å². The van der Waals surface area contributed by atoms with Gasteiger partial charge in [-0.1, -0.05) is 0 Å². The van der Waals surface area contributed by atoms with E-state index in [1.165, 1.54) is 0 Å².